The van der Waals surface area contributed by atoms with E-state index in [9.17, 15) is 0 Å². The van der Waals surface area contributed by atoms with Gasteiger partial charge in [0.25, 0.3) is 0 Å². The molecule has 1 aliphatic rings. The smallest absolute Gasteiger partial charge is 0.116 e. The van der Waals surface area contributed by atoms with Crippen LogP contribution in [-0.2, 0) is 0 Å². The van der Waals surface area contributed by atoms with E-state index in [1.54, 1.807) is 6.21 Å². The SMILES string of the molecule is C=C(N)/N=C\C1=C(N)c2ccccc2[C@H](c2ccc(C)c(C)c2)C1. The number of benzene rings is 2. The Morgan fingerprint density at radius 1 is 1.17 bits per heavy atom. The lowest BCUT2D eigenvalue weighted by molar-refractivity contribution is 0.797. The molecule has 0 radical (unpaired) electrons. The fraction of sp³-hybridized carbons (Fsp3) is 0.190. The predicted octanol–water partition coefficient (Wildman–Crippen LogP) is 4.01. The lowest BCUT2D eigenvalue weighted by Gasteiger charge is -2.28. The largest absolute Gasteiger partial charge is 0.398 e. The van der Waals surface area contributed by atoms with Crippen LogP contribution in [0.1, 0.15) is 40.2 Å². The molecule has 0 spiro atoms. The van der Waals surface area contributed by atoms with Gasteiger partial charge in [-0.3, -0.25) is 0 Å². The van der Waals surface area contributed by atoms with Gasteiger partial charge >= 0.3 is 0 Å². The van der Waals surface area contributed by atoms with Gasteiger partial charge in [-0.15, -0.1) is 0 Å². The third-order valence-corrected chi connectivity index (χ3v) is 4.72. The van der Waals surface area contributed by atoms with Crippen LogP contribution in [0, 0.1) is 13.8 Å². The zero-order valence-corrected chi connectivity index (χ0v) is 14.2. The molecule has 4 N–H and O–H groups in total. The Morgan fingerprint density at radius 2 is 1.92 bits per heavy atom. The molecule has 3 nitrogen and oxygen atoms in total. The van der Waals surface area contributed by atoms with Crippen molar-refractivity contribution >= 4 is 11.9 Å². The lowest BCUT2D eigenvalue weighted by Crippen LogP contribution is -2.17. The number of nitrogens with zero attached hydrogens (tertiary/aromatic N) is 1. The number of hydrogen-bond donors (Lipinski definition) is 2. The van der Waals surface area contributed by atoms with Crippen LogP contribution in [0.15, 0.2) is 65.4 Å². The zero-order valence-electron chi connectivity index (χ0n) is 14.2. The first-order valence-corrected chi connectivity index (χ1v) is 8.11. The maximum Gasteiger partial charge on any atom is 0.116 e. The summed E-state index contributed by atoms with van der Waals surface area (Å²) in [6, 6.07) is 15.0. The van der Waals surface area contributed by atoms with Gasteiger partial charge in [0.2, 0.25) is 0 Å². The van der Waals surface area contributed by atoms with Crippen molar-refractivity contribution in [3.8, 4) is 0 Å². The predicted molar refractivity (Wildman–Crippen MR) is 102 cm³/mol. The number of hydrogen-bond acceptors (Lipinski definition) is 3. The number of allylic oxidation sites excluding steroid dienone is 1. The summed E-state index contributed by atoms with van der Waals surface area (Å²) < 4.78 is 0. The van der Waals surface area contributed by atoms with Gasteiger partial charge in [0.15, 0.2) is 0 Å². The Bertz CT molecular complexity index is 859. The Kier molecular flexibility index (Phi) is 4.26. The van der Waals surface area contributed by atoms with Gasteiger partial charge < -0.3 is 11.5 Å². The minimum atomic E-state index is 0.264. The summed E-state index contributed by atoms with van der Waals surface area (Å²) in [5.74, 6) is 0.553. The van der Waals surface area contributed by atoms with Crippen molar-refractivity contribution in [3.63, 3.8) is 0 Å². The first-order valence-electron chi connectivity index (χ1n) is 8.11. The molecule has 24 heavy (non-hydrogen) atoms. The van der Waals surface area contributed by atoms with E-state index in [1.807, 2.05) is 6.07 Å². The summed E-state index contributed by atoms with van der Waals surface area (Å²) in [5, 5.41) is 0. The highest BCUT2D eigenvalue weighted by molar-refractivity contribution is 5.93. The van der Waals surface area contributed by atoms with Crippen molar-refractivity contribution < 1.29 is 0 Å². The maximum atomic E-state index is 6.39. The van der Waals surface area contributed by atoms with Crippen molar-refractivity contribution in [2.75, 3.05) is 0 Å². The molecule has 122 valence electrons. The van der Waals surface area contributed by atoms with Crippen LogP contribution in [0.5, 0.6) is 0 Å². The number of nitrogens with two attached hydrogens (primary N) is 2. The maximum absolute atomic E-state index is 6.39. The molecule has 2 aromatic rings. The summed E-state index contributed by atoms with van der Waals surface area (Å²) in [6.07, 6.45) is 2.56. The van der Waals surface area contributed by atoms with Gasteiger partial charge in [-0.2, -0.15) is 0 Å². The molecule has 1 aliphatic carbocycles. The number of rotatable bonds is 3. The third kappa shape index (κ3) is 2.98. The monoisotopic (exact) mass is 317 g/mol. The third-order valence-electron chi connectivity index (χ3n) is 4.72. The van der Waals surface area contributed by atoms with Gasteiger partial charge in [0.05, 0.1) is 0 Å². The fourth-order valence-corrected chi connectivity index (χ4v) is 3.22. The molecule has 2 aromatic carbocycles. The van der Waals surface area contributed by atoms with E-state index < -0.39 is 0 Å². The van der Waals surface area contributed by atoms with Gasteiger partial charge in [-0.05, 0) is 48.1 Å². The molecule has 1 atom stereocenters. The molecule has 0 bridgehead atoms. The average Bonchev–Trinajstić information content (AvgIpc) is 2.57. The van der Waals surface area contributed by atoms with Crippen LogP contribution in [-0.4, -0.2) is 6.21 Å². The Morgan fingerprint density at radius 3 is 2.62 bits per heavy atom. The topological polar surface area (TPSA) is 64.4 Å². The summed E-state index contributed by atoms with van der Waals surface area (Å²) in [5.41, 5.74) is 20.0. The average molecular weight is 317 g/mol. The van der Waals surface area contributed by atoms with E-state index in [-0.39, 0.29) is 11.7 Å². The van der Waals surface area contributed by atoms with Crippen LogP contribution in [0.2, 0.25) is 0 Å². The van der Waals surface area contributed by atoms with Crippen molar-refractivity contribution in [2.24, 2.45) is 16.5 Å². The zero-order chi connectivity index (χ0) is 17.3. The summed E-state index contributed by atoms with van der Waals surface area (Å²) in [7, 11) is 0. The standard InChI is InChI=1S/C21H23N3/c1-13-8-9-16(10-14(13)2)20-11-17(12-24-15(3)22)21(23)19-7-5-4-6-18(19)20/h4-10,12,20H,3,11,22-23H2,1-2H3/b24-12-/t20-/m0/s1. The molecule has 3 heteroatoms. The molecular formula is C21H23N3. The molecule has 0 aliphatic heterocycles. The van der Waals surface area contributed by atoms with Crippen LogP contribution in [0.4, 0.5) is 0 Å². The van der Waals surface area contributed by atoms with Crippen LogP contribution >= 0.6 is 0 Å². The number of aliphatic imine (C=N–C) groups is 1. The first kappa shape index (κ1) is 16.1. The quantitative estimate of drug-likeness (QED) is 0.840. The molecule has 0 saturated heterocycles. The van der Waals surface area contributed by atoms with Crippen molar-refractivity contribution in [1.29, 1.82) is 0 Å². The number of aryl methyl sites for hydroxylation is 2. The van der Waals surface area contributed by atoms with Gasteiger partial charge in [-0.25, -0.2) is 4.99 Å². The summed E-state index contributed by atoms with van der Waals surface area (Å²) in [6.45, 7) is 7.91. The Balaban J connectivity index is 2.11. The van der Waals surface area contributed by atoms with Gasteiger partial charge in [0.1, 0.15) is 5.82 Å². The summed E-state index contributed by atoms with van der Waals surface area (Å²) >= 11 is 0. The molecule has 0 amide bonds. The Hall–Kier alpha value is -2.81. The second-order valence-corrected chi connectivity index (χ2v) is 6.38. The van der Waals surface area contributed by atoms with Crippen molar-refractivity contribution in [1.82, 2.24) is 0 Å². The molecule has 0 unspecified atom stereocenters. The highest BCUT2D eigenvalue weighted by atomic mass is 14.9. The Labute approximate surface area is 143 Å². The number of fused-ring (bicyclic) bond motifs is 1. The van der Waals surface area contributed by atoms with Gasteiger partial charge in [0, 0.05) is 23.4 Å². The summed E-state index contributed by atoms with van der Waals surface area (Å²) in [4.78, 5) is 4.15. The molecule has 0 fully saturated rings. The van der Waals surface area contributed by atoms with Crippen molar-refractivity contribution in [3.05, 3.63) is 88.3 Å². The van der Waals surface area contributed by atoms with Gasteiger partial charge in [-0.1, -0.05) is 49.0 Å². The molecule has 0 aromatic heterocycles. The highest BCUT2D eigenvalue weighted by Gasteiger charge is 2.26. The normalized spacial score (nSPS) is 17.2. The minimum absolute atomic E-state index is 0.264. The first-order chi connectivity index (χ1) is 11.5. The lowest BCUT2D eigenvalue weighted by atomic mass is 9.77. The second kappa shape index (κ2) is 6.36. The van der Waals surface area contributed by atoms with E-state index in [1.165, 1.54) is 22.3 Å². The van der Waals surface area contributed by atoms with E-state index in [0.29, 0.717) is 0 Å². The van der Waals surface area contributed by atoms with Crippen molar-refractivity contribution in [2.45, 2.75) is 26.2 Å². The molecule has 3 rings (SSSR count). The van der Waals surface area contributed by atoms with E-state index >= 15 is 0 Å². The van der Waals surface area contributed by atoms with Crippen LogP contribution in [0.25, 0.3) is 5.70 Å². The van der Waals surface area contributed by atoms with E-state index in [4.69, 9.17) is 11.5 Å². The van der Waals surface area contributed by atoms with E-state index in [0.717, 1.165) is 23.3 Å². The second-order valence-electron chi connectivity index (χ2n) is 6.38. The molecular weight excluding hydrogens is 294 g/mol. The van der Waals surface area contributed by atoms with E-state index in [2.05, 4.69) is 61.8 Å². The van der Waals surface area contributed by atoms with Crippen LogP contribution < -0.4 is 11.5 Å². The molecule has 0 saturated carbocycles. The molecule has 0 heterocycles. The highest BCUT2D eigenvalue weighted by Crippen LogP contribution is 2.40. The fourth-order valence-electron chi connectivity index (χ4n) is 3.22. The minimum Gasteiger partial charge on any atom is -0.398 e. The van der Waals surface area contributed by atoms with Crippen LogP contribution in [0.3, 0.4) is 0 Å².